The molecule has 0 aliphatic rings. The molecule has 126 valence electrons. The van der Waals surface area contributed by atoms with E-state index in [4.69, 9.17) is 22.1 Å². The third-order valence-electron chi connectivity index (χ3n) is 3.61. The number of hydrogen-bond acceptors (Lipinski definition) is 3. The van der Waals surface area contributed by atoms with Crippen LogP contribution in [0.25, 0.3) is 0 Å². The Balaban J connectivity index is 2.17. The van der Waals surface area contributed by atoms with Crippen molar-refractivity contribution >= 4 is 29.1 Å². The van der Waals surface area contributed by atoms with Crippen molar-refractivity contribution in [3.05, 3.63) is 58.1 Å². The van der Waals surface area contributed by atoms with Crippen LogP contribution in [0, 0.1) is 13.8 Å². The van der Waals surface area contributed by atoms with Gasteiger partial charge in [0.05, 0.1) is 5.56 Å². The fourth-order valence-electron chi connectivity index (χ4n) is 2.28. The molecule has 0 fully saturated rings. The molecule has 3 N–H and O–H groups in total. The minimum absolute atomic E-state index is 0.134. The normalized spacial score (nSPS) is 11.7. The number of aryl methyl sites for hydroxylation is 2. The van der Waals surface area contributed by atoms with E-state index in [0.29, 0.717) is 5.02 Å². The van der Waals surface area contributed by atoms with Crippen LogP contribution in [0.15, 0.2) is 36.4 Å². The first-order valence-corrected chi connectivity index (χ1v) is 7.80. The Morgan fingerprint density at radius 1 is 1.17 bits per heavy atom. The van der Waals surface area contributed by atoms with Gasteiger partial charge in [-0.05, 0) is 50.1 Å². The van der Waals surface area contributed by atoms with E-state index in [1.54, 1.807) is 13.0 Å². The number of carbonyl (C=O) groups excluding carboxylic acids is 2. The maximum atomic E-state index is 12.4. The molecule has 1 unspecified atom stereocenters. The molecule has 1 atom stereocenters. The predicted octanol–water partition coefficient (Wildman–Crippen LogP) is 3.46. The first-order chi connectivity index (χ1) is 11.3. The zero-order valence-electron chi connectivity index (χ0n) is 13.7. The molecule has 2 rings (SSSR count). The number of hydrogen-bond donors (Lipinski definition) is 2. The van der Waals surface area contributed by atoms with Crippen LogP contribution < -0.4 is 15.8 Å². The predicted molar refractivity (Wildman–Crippen MR) is 94.6 cm³/mol. The Morgan fingerprint density at radius 2 is 1.79 bits per heavy atom. The number of nitrogens with one attached hydrogen (secondary N) is 1. The Hall–Kier alpha value is -2.53. The lowest BCUT2D eigenvalue weighted by Gasteiger charge is -2.18. The maximum Gasteiger partial charge on any atom is 0.265 e. The summed E-state index contributed by atoms with van der Waals surface area (Å²) >= 11 is 5.86. The number of halogens is 1. The highest BCUT2D eigenvalue weighted by atomic mass is 35.5. The monoisotopic (exact) mass is 346 g/mol. The summed E-state index contributed by atoms with van der Waals surface area (Å²) in [6.45, 7) is 5.43. The lowest BCUT2D eigenvalue weighted by Crippen LogP contribution is -2.31. The molecule has 0 aliphatic carbocycles. The van der Waals surface area contributed by atoms with Crippen molar-refractivity contribution in [2.45, 2.75) is 26.9 Å². The second kappa shape index (κ2) is 7.36. The highest BCUT2D eigenvalue weighted by molar-refractivity contribution is 6.31. The molecule has 0 aromatic heterocycles. The fraction of sp³-hybridized carbons (Fsp3) is 0.222. The van der Waals surface area contributed by atoms with Crippen molar-refractivity contribution in [2.24, 2.45) is 5.73 Å². The van der Waals surface area contributed by atoms with Crippen molar-refractivity contribution in [3.8, 4) is 5.75 Å². The summed E-state index contributed by atoms with van der Waals surface area (Å²) in [5, 5.41) is 3.22. The highest BCUT2D eigenvalue weighted by Gasteiger charge is 2.19. The number of primary amides is 1. The topological polar surface area (TPSA) is 81.4 Å². The number of carbonyl (C=O) groups is 2. The Morgan fingerprint density at radius 3 is 2.38 bits per heavy atom. The van der Waals surface area contributed by atoms with Gasteiger partial charge < -0.3 is 15.8 Å². The Labute approximate surface area is 145 Å². The first-order valence-electron chi connectivity index (χ1n) is 7.42. The molecule has 6 heteroatoms. The summed E-state index contributed by atoms with van der Waals surface area (Å²) in [5.41, 5.74) is 8.12. The largest absolute Gasteiger partial charge is 0.480 e. The molecule has 0 heterocycles. The SMILES string of the molecule is Cc1cccc(C)c1NC(=O)C(C)Oc1ccc(Cl)cc1C(N)=O. The van der Waals surface area contributed by atoms with Crippen LogP contribution >= 0.6 is 11.6 Å². The summed E-state index contributed by atoms with van der Waals surface area (Å²) in [7, 11) is 0. The Kier molecular flexibility index (Phi) is 5.46. The molecule has 0 radical (unpaired) electrons. The van der Waals surface area contributed by atoms with Gasteiger partial charge in [0.2, 0.25) is 0 Å². The number of nitrogens with two attached hydrogens (primary N) is 1. The van der Waals surface area contributed by atoms with E-state index in [2.05, 4.69) is 5.32 Å². The zero-order valence-corrected chi connectivity index (χ0v) is 14.5. The van der Waals surface area contributed by atoms with Crippen molar-refractivity contribution in [2.75, 3.05) is 5.32 Å². The molecule has 2 aromatic carbocycles. The second-order valence-electron chi connectivity index (χ2n) is 5.52. The van der Waals surface area contributed by atoms with E-state index in [-0.39, 0.29) is 17.2 Å². The van der Waals surface area contributed by atoms with Crippen molar-refractivity contribution in [1.82, 2.24) is 0 Å². The van der Waals surface area contributed by atoms with Gasteiger partial charge in [-0.15, -0.1) is 0 Å². The second-order valence-corrected chi connectivity index (χ2v) is 5.96. The number of anilines is 1. The molecule has 0 saturated carbocycles. The van der Waals surface area contributed by atoms with E-state index >= 15 is 0 Å². The average Bonchev–Trinajstić information content (AvgIpc) is 2.52. The van der Waals surface area contributed by atoms with Gasteiger partial charge >= 0.3 is 0 Å². The smallest absolute Gasteiger partial charge is 0.265 e. The van der Waals surface area contributed by atoms with Crippen LogP contribution in [0.4, 0.5) is 5.69 Å². The molecule has 0 bridgehead atoms. The molecule has 2 amide bonds. The van der Waals surface area contributed by atoms with Crippen molar-refractivity contribution in [1.29, 1.82) is 0 Å². The molecular formula is C18H19ClN2O3. The quantitative estimate of drug-likeness (QED) is 0.869. The van der Waals surface area contributed by atoms with E-state index in [0.717, 1.165) is 16.8 Å². The minimum atomic E-state index is -0.816. The lowest BCUT2D eigenvalue weighted by molar-refractivity contribution is -0.122. The molecule has 0 saturated heterocycles. The van der Waals surface area contributed by atoms with Crippen LogP contribution in [-0.4, -0.2) is 17.9 Å². The third-order valence-corrected chi connectivity index (χ3v) is 3.84. The highest BCUT2D eigenvalue weighted by Crippen LogP contribution is 2.24. The summed E-state index contributed by atoms with van der Waals surface area (Å²) in [6.07, 6.45) is -0.816. The van der Waals surface area contributed by atoms with Gasteiger partial charge in [0.15, 0.2) is 6.10 Å². The van der Waals surface area contributed by atoms with Gasteiger partial charge in [0.1, 0.15) is 5.75 Å². The van der Waals surface area contributed by atoms with Crippen LogP contribution in [-0.2, 0) is 4.79 Å². The molecular weight excluding hydrogens is 328 g/mol. The minimum Gasteiger partial charge on any atom is -0.480 e. The van der Waals surface area contributed by atoms with Gasteiger partial charge in [-0.3, -0.25) is 9.59 Å². The number of ether oxygens (including phenoxy) is 1. The summed E-state index contributed by atoms with van der Waals surface area (Å²) in [4.78, 5) is 23.9. The van der Waals surface area contributed by atoms with Crippen LogP contribution in [0.5, 0.6) is 5.75 Å². The van der Waals surface area contributed by atoms with Gasteiger partial charge in [0, 0.05) is 10.7 Å². The number of rotatable bonds is 5. The summed E-state index contributed by atoms with van der Waals surface area (Å²) < 4.78 is 5.60. The van der Waals surface area contributed by atoms with E-state index < -0.39 is 12.0 Å². The molecule has 24 heavy (non-hydrogen) atoms. The van der Waals surface area contributed by atoms with Crippen molar-refractivity contribution in [3.63, 3.8) is 0 Å². The first kappa shape index (κ1) is 17.8. The molecule has 2 aromatic rings. The molecule has 0 spiro atoms. The maximum absolute atomic E-state index is 12.4. The van der Waals surface area contributed by atoms with E-state index in [9.17, 15) is 9.59 Å². The third kappa shape index (κ3) is 4.06. The van der Waals surface area contributed by atoms with Gasteiger partial charge in [-0.25, -0.2) is 0 Å². The Bertz CT molecular complexity index is 770. The van der Waals surface area contributed by atoms with Gasteiger partial charge in [-0.2, -0.15) is 0 Å². The number of para-hydroxylation sites is 1. The fourth-order valence-corrected chi connectivity index (χ4v) is 2.45. The summed E-state index contributed by atoms with van der Waals surface area (Å²) in [5.74, 6) is -0.774. The van der Waals surface area contributed by atoms with Gasteiger partial charge in [-0.1, -0.05) is 29.8 Å². The standard InChI is InChI=1S/C18H19ClN2O3/c1-10-5-4-6-11(2)16(10)21-18(23)12(3)24-15-8-7-13(19)9-14(15)17(20)22/h4-9,12H,1-3H3,(H2,20,22)(H,21,23). The van der Waals surface area contributed by atoms with E-state index in [1.807, 2.05) is 32.0 Å². The van der Waals surface area contributed by atoms with Crippen LogP contribution in [0.3, 0.4) is 0 Å². The van der Waals surface area contributed by atoms with Gasteiger partial charge in [0.25, 0.3) is 11.8 Å². The average molecular weight is 347 g/mol. The van der Waals surface area contributed by atoms with E-state index in [1.165, 1.54) is 12.1 Å². The van der Waals surface area contributed by atoms with Crippen LogP contribution in [0.2, 0.25) is 5.02 Å². The lowest BCUT2D eigenvalue weighted by atomic mass is 10.1. The molecule has 5 nitrogen and oxygen atoms in total. The summed E-state index contributed by atoms with van der Waals surface area (Å²) in [6, 6.07) is 10.3. The zero-order chi connectivity index (χ0) is 17.9. The van der Waals surface area contributed by atoms with Crippen LogP contribution in [0.1, 0.15) is 28.4 Å². The molecule has 0 aliphatic heterocycles. The number of amides is 2. The number of benzene rings is 2. The van der Waals surface area contributed by atoms with Crippen molar-refractivity contribution < 1.29 is 14.3 Å².